The van der Waals surface area contributed by atoms with E-state index in [0.717, 1.165) is 17.1 Å². The Labute approximate surface area is 106 Å². The molecule has 1 heterocycles. The van der Waals surface area contributed by atoms with Crippen LogP contribution < -0.4 is 0 Å². The van der Waals surface area contributed by atoms with Crippen molar-refractivity contribution in [3.05, 3.63) is 15.6 Å². The van der Waals surface area contributed by atoms with Gasteiger partial charge in [-0.15, -0.1) is 11.3 Å². The quantitative estimate of drug-likeness (QED) is 0.890. The Morgan fingerprint density at radius 1 is 1.47 bits per heavy atom. The van der Waals surface area contributed by atoms with E-state index in [1.165, 1.54) is 37.0 Å². The first-order chi connectivity index (χ1) is 8.08. The summed E-state index contributed by atoms with van der Waals surface area (Å²) in [6.07, 6.45) is 5.63. The molecule has 0 spiro atoms. The number of carboxylic acid groups (broad SMARTS) is 1. The first-order valence-corrected chi connectivity index (χ1v) is 7.12. The highest BCUT2D eigenvalue weighted by atomic mass is 32.1. The number of nitrogens with zero attached hydrogens (tertiary/aromatic N) is 1. The van der Waals surface area contributed by atoms with Gasteiger partial charge in [-0.1, -0.05) is 26.7 Å². The summed E-state index contributed by atoms with van der Waals surface area (Å²) in [6.45, 7) is 4.19. The molecule has 0 bridgehead atoms. The average Bonchev–Trinajstić information content (AvgIpc) is 2.82. The number of aromatic nitrogens is 1. The number of hydrogen-bond acceptors (Lipinski definition) is 3. The smallest absolute Gasteiger partial charge is 0.347 e. The van der Waals surface area contributed by atoms with Crippen LogP contribution in [0, 0.1) is 5.92 Å². The minimum atomic E-state index is -0.817. The fourth-order valence-corrected chi connectivity index (χ4v) is 3.51. The Hall–Kier alpha value is -0.900. The lowest BCUT2D eigenvalue weighted by atomic mass is 10.1. The molecular weight excluding hydrogens is 234 g/mol. The van der Waals surface area contributed by atoms with Crippen LogP contribution in [0.25, 0.3) is 0 Å². The molecule has 1 saturated carbocycles. The maximum atomic E-state index is 11.2. The van der Waals surface area contributed by atoms with Gasteiger partial charge in [-0.2, -0.15) is 0 Å². The van der Waals surface area contributed by atoms with Crippen molar-refractivity contribution in [1.82, 2.24) is 4.98 Å². The van der Waals surface area contributed by atoms with Crippen LogP contribution in [0.5, 0.6) is 0 Å². The third kappa shape index (κ3) is 2.86. The summed E-state index contributed by atoms with van der Waals surface area (Å²) < 4.78 is 0. The van der Waals surface area contributed by atoms with Crippen LogP contribution in [0.15, 0.2) is 0 Å². The average molecular weight is 253 g/mol. The molecule has 3 nitrogen and oxygen atoms in total. The van der Waals surface area contributed by atoms with E-state index in [1.54, 1.807) is 0 Å². The number of hydrogen-bond donors (Lipinski definition) is 1. The van der Waals surface area contributed by atoms with Gasteiger partial charge in [-0.3, -0.25) is 0 Å². The lowest BCUT2D eigenvalue weighted by Gasteiger charge is -2.03. The van der Waals surface area contributed by atoms with Crippen molar-refractivity contribution in [2.45, 2.75) is 51.9 Å². The minimum Gasteiger partial charge on any atom is -0.477 e. The van der Waals surface area contributed by atoms with Crippen molar-refractivity contribution in [1.29, 1.82) is 0 Å². The van der Waals surface area contributed by atoms with E-state index >= 15 is 0 Å². The summed E-state index contributed by atoms with van der Waals surface area (Å²) in [5.41, 5.74) is 0.791. The molecule has 0 unspecified atom stereocenters. The Kier molecular flexibility index (Phi) is 3.82. The van der Waals surface area contributed by atoms with Crippen molar-refractivity contribution in [2.75, 3.05) is 0 Å². The van der Waals surface area contributed by atoms with Gasteiger partial charge in [0.1, 0.15) is 4.88 Å². The molecule has 1 N–H and O–H groups in total. The molecule has 2 rings (SSSR count). The number of carboxylic acids is 1. The van der Waals surface area contributed by atoms with Crippen LogP contribution in [0.4, 0.5) is 0 Å². The van der Waals surface area contributed by atoms with E-state index in [-0.39, 0.29) is 0 Å². The van der Waals surface area contributed by atoms with E-state index in [2.05, 4.69) is 18.8 Å². The fraction of sp³-hybridized carbons (Fsp3) is 0.692. The Bertz CT molecular complexity index is 406. The van der Waals surface area contributed by atoms with Crippen molar-refractivity contribution in [3.8, 4) is 0 Å². The topological polar surface area (TPSA) is 50.2 Å². The molecular formula is C13H19NO2S. The summed E-state index contributed by atoms with van der Waals surface area (Å²) in [4.78, 5) is 16.3. The Morgan fingerprint density at radius 3 is 2.65 bits per heavy atom. The minimum absolute atomic E-state index is 0.451. The second-order valence-electron chi connectivity index (χ2n) is 5.21. The molecule has 0 radical (unpaired) electrons. The van der Waals surface area contributed by atoms with Crippen LogP contribution in [-0.2, 0) is 6.42 Å². The van der Waals surface area contributed by atoms with Crippen LogP contribution in [0.1, 0.15) is 65.8 Å². The van der Waals surface area contributed by atoms with E-state index in [1.807, 2.05) is 0 Å². The van der Waals surface area contributed by atoms with Gasteiger partial charge in [0.15, 0.2) is 0 Å². The Morgan fingerprint density at radius 2 is 2.12 bits per heavy atom. The molecule has 0 saturated heterocycles. The fourth-order valence-electron chi connectivity index (χ4n) is 2.41. The predicted molar refractivity (Wildman–Crippen MR) is 68.8 cm³/mol. The zero-order chi connectivity index (χ0) is 12.4. The zero-order valence-electron chi connectivity index (χ0n) is 10.4. The van der Waals surface area contributed by atoms with Gasteiger partial charge < -0.3 is 5.11 Å². The lowest BCUT2D eigenvalue weighted by Crippen LogP contribution is -2.02. The molecule has 17 heavy (non-hydrogen) atoms. The highest BCUT2D eigenvalue weighted by Gasteiger charge is 2.25. The largest absolute Gasteiger partial charge is 0.477 e. The summed E-state index contributed by atoms with van der Waals surface area (Å²) in [7, 11) is 0. The monoisotopic (exact) mass is 253 g/mol. The summed E-state index contributed by atoms with van der Waals surface area (Å²) >= 11 is 1.40. The molecule has 0 atom stereocenters. The number of aromatic carboxylic acids is 1. The van der Waals surface area contributed by atoms with Gasteiger partial charge in [-0.05, 0) is 25.2 Å². The number of rotatable bonds is 4. The summed E-state index contributed by atoms with van der Waals surface area (Å²) in [5, 5.41) is 10.3. The lowest BCUT2D eigenvalue weighted by molar-refractivity contribution is 0.0700. The molecule has 94 valence electrons. The van der Waals surface area contributed by atoms with E-state index in [0.29, 0.717) is 16.7 Å². The maximum Gasteiger partial charge on any atom is 0.347 e. The number of thiazole rings is 1. The summed E-state index contributed by atoms with van der Waals surface area (Å²) in [5.74, 6) is 0.146. The van der Waals surface area contributed by atoms with Gasteiger partial charge in [-0.25, -0.2) is 9.78 Å². The molecule has 0 aliphatic heterocycles. The maximum absolute atomic E-state index is 11.2. The Balaban J connectivity index is 2.26. The highest BCUT2D eigenvalue weighted by Crippen LogP contribution is 2.37. The van der Waals surface area contributed by atoms with Crippen molar-refractivity contribution >= 4 is 17.3 Å². The SMILES string of the molecule is CC(C)Cc1nc(C2CCCC2)sc1C(=O)O. The van der Waals surface area contributed by atoms with E-state index in [4.69, 9.17) is 0 Å². The molecule has 0 aromatic carbocycles. The third-order valence-electron chi connectivity index (χ3n) is 3.21. The normalized spacial score (nSPS) is 16.9. The molecule has 0 amide bonds. The van der Waals surface area contributed by atoms with Crippen LogP contribution >= 0.6 is 11.3 Å². The highest BCUT2D eigenvalue weighted by molar-refractivity contribution is 7.13. The van der Waals surface area contributed by atoms with Gasteiger partial charge >= 0.3 is 5.97 Å². The van der Waals surface area contributed by atoms with Gasteiger partial charge in [0.25, 0.3) is 0 Å². The van der Waals surface area contributed by atoms with E-state index < -0.39 is 5.97 Å². The predicted octanol–water partition coefficient (Wildman–Crippen LogP) is 3.70. The van der Waals surface area contributed by atoms with Crippen molar-refractivity contribution in [2.24, 2.45) is 5.92 Å². The first-order valence-electron chi connectivity index (χ1n) is 6.30. The standard InChI is InChI=1S/C13H19NO2S/c1-8(2)7-10-11(13(15)16)17-12(14-10)9-5-3-4-6-9/h8-9H,3-7H2,1-2H3,(H,15,16). The second-order valence-corrected chi connectivity index (χ2v) is 6.24. The van der Waals surface area contributed by atoms with Gasteiger partial charge in [0.05, 0.1) is 10.7 Å². The molecule has 1 aromatic rings. The number of carbonyl (C=O) groups is 1. The molecule has 1 aliphatic rings. The molecule has 1 aromatic heterocycles. The third-order valence-corrected chi connectivity index (χ3v) is 4.46. The van der Waals surface area contributed by atoms with Crippen molar-refractivity contribution in [3.63, 3.8) is 0 Å². The molecule has 1 fully saturated rings. The van der Waals surface area contributed by atoms with E-state index in [9.17, 15) is 9.90 Å². The molecule has 4 heteroatoms. The first kappa shape index (κ1) is 12.6. The zero-order valence-corrected chi connectivity index (χ0v) is 11.2. The second kappa shape index (κ2) is 5.17. The molecule has 1 aliphatic carbocycles. The van der Waals surface area contributed by atoms with Crippen LogP contribution in [0.3, 0.4) is 0 Å². The van der Waals surface area contributed by atoms with Crippen LogP contribution in [0.2, 0.25) is 0 Å². The van der Waals surface area contributed by atoms with Gasteiger partial charge in [0, 0.05) is 5.92 Å². The van der Waals surface area contributed by atoms with Crippen molar-refractivity contribution < 1.29 is 9.90 Å². The summed E-state index contributed by atoms with van der Waals surface area (Å²) in [6, 6.07) is 0. The van der Waals surface area contributed by atoms with Crippen LogP contribution in [-0.4, -0.2) is 16.1 Å². The van der Waals surface area contributed by atoms with Gasteiger partial charge in [0.2, 0.25) is 0 Å².